The van der Waals surface area contributed by atoms with Gasteiger partial charge in [-0.3, -0.25) is 4.79 Å². The summed E-state index contributed by atoms with van der Waals surface area (Å²) in [7, 11) is 3.17. The van der Waals surface area contributed by atoms with Crippen molar-refractivity contribution >= 4 is 11.7 Å². The van der Waals surface area contributed by atoms with Crippen LogP contribution in [0.4, 0.5) is 5.82 Å². The van der Waals surface area contributed by atoms with E-state index in [4.69, 9.17) is 9.47 Å². The van der Waals surface area contributed by atoms with Gasteiger partial charge in [0.15, 0.2) is 0 Å². The Kier molecular flexibility index (Phi) is 5.93. The summed E-state index contributed by atoms with van der Waals surface area (Å²) < 4.78 is 9.86. The quantitative estimate of drug-likeness (QED) is 0.698. The number of hydrogen-bond acceptors (Lipinski definition) is 5. The van der Waals surface area contributed by atoms with Crippen LogP contribution in [0.5, 0.6) is 5.75 Å². The van der Waals surface area contributed by atoms with Gasteiger partial charge in [-0.1, -0.05) is 0 Å². The Morgan fingerprint density at radius 1 is 1.44 bits per heavy atom. The summed E-state index contributed by atoms with van der Waals surface area (Å²) in [6.45, 7) is 2.77. The topological polar surface area (TPSA) is 72.5 Å². The predicted molar refractivity (Wildman–Crippen MR) is 68.8 cm³/mol. The highest BCUT2D eigenvalue weighted by atomic mass is 16.5. The van der Waals surface area contributed by atoms with Crippen LogP contribution in [0.25, 0.3) is 0 Å². The third-order valence-electron chi connectivity index (χ3n) is 2.34. The Bertz CT molecular complexity index is 367. The zero-order valence-corrected chi connectivity index (χ0v) is 10.9. The Balaban J connectivity index is 2.42. The molecular weight excluding hydrogens is 234 g/mol. The minimum absolute atomic E-state index is 0.0929. The van der Waals surface area contributed by atoms with Gasteiger partial charge in [0.25, 0.3) is 0 Å². The molecule has 0 radical (unpaired) electrons. The lowest BCUT2D eigenvalue weighted by molar-refractivity contribution is -0.121. The van der Waals surface area contributed by atoms with Crippen molar-refractivity contribution < 1.29 is 14.3 Å². The van der Waals surface area contributed by atoms with E-state index in [1.165, 1.54) is 0 Å². The molecule has 6 heteroatoms. The molecule has 0 fully saturated rings. The van der Waals surface area contributed by atoms with E-state index in [0.29, 0.717) is 24.7 Å². The SMILES string of the molecule is COCCNC(=O)C(C)Nc1ccc(OC)cn1. The van der Waals surface area contributed by atoms with Crippen molar-refractivity contribution in [1.82, 2.24) is 10.3 Å². The second kappa shape index (κ2) is 7.50. The number of pyridine rings is 1. The van der Waals surface area contributed by atoms with Gasteiger partial charge in [-0.15, -0.1) is 0 Å². The van der Waals surface area contributed by atoms with Gasteiger partial charge in [0.2, 0.25) is 5.91 Å². The summed E-state index contributed by atoms with van der Waals surface area (Å²) in [4.78, 5) is 15.8. The maximum absolute atomic E-state index is 11.7. The molecule has 0 bridgehead atoms. The maximum atomic E-state index is 11.7. The second-order valence-electron chi connectivity index (χ2n) is 3.73. The highest BCUT2D eigenvalue weighted by Crippen LogP contribution is 2.11. The highest BCUT2D eigenvalue weighted by Gasteiger charge is 2.12. The Morgan fingerprint density at radius 3 is 2.78 bits per heavy atom. The molecule has 1 rings (SSSR count). The van der Waals surface area contributed by atoms with Crippen molar-refractivity contribution in [3.8, 4) is 5.75 Å². The Labute approximate surface area is 107 Å². The van der Waals surface area contributed by atoms with Crippen molar-refractivity contribution in [1.29, 1.82) is 0 Å². The van der Waals surface area contributed by atoms with Crippen LogP contribution in [0.15, 0.2) is 18.3 Å². The number of amides is 1. The fraction of sp³-hybridized carbons (Fsp3) is 0.500. The van der Waals surface area contributed by atoms with Crippen molar-refractivity contribution in [2.45, 2.75) is 13.0 Å². The monoisotopic (exact) mass is 253 g/mol. The number of rotatable bonds is 7. The molecule has 1 atom stereocenters. The van der Waals surface area contributed by atoms with E-state index in [0.717, 1.165) is 0 Å². The molecule has 6 nitrogen and oxygen atoms in total. The molecule has 1 unspecified atom stereocenters. The summed E-state index contributed by atoms with van der Waals surface area (Å²) in [5.41, 5.74) is 0. The van der Waals surface area contributed by atoms with Gasteiger partial charge in [-0.05, 0) is 19.1 Å². The van der Waals surface area contributed by atoms with E-state index in [9.17, 15) is 4.79 Å². The molecule has 1 amide bonds. The largest absolute Gasteiger partial charge is 0.495 e. The summed E-state index contributed by atoms with van der Waals surface area (Å²) in [6.07, 6.45) is 1.60. The van der Waals surface area contributed by atoms with Gasteiger partial charge in [-0.25, -0.2) is 4.98 Å². The predicted octanol–water partition coefficient (Wildman–Crippen LogP) is 0.653. The van der Waals surface area contributed by atoms with Crippen LogP contribution in [0.2, 0.25) is 0 Å². The lowest BCUT2D eigenvalue weighted by atomic mass is 10.3. The molecule has 18 heavy (non-hydrogen) atoms. The van der Waals surface area contributed by atoms with E-state index < -0.39 is 0 Å². The fourth-order valence-electron chi connectivity index (χ4n) is 1.30. The van der Waals surface area contributed by atoms with E-state index in [1.54, 1.807) is 39.5 Å². The highest BCUT2D eigenvalue weighted by molar-refractivity contribution is 5.83. The molecule has 0 aromatic carbocycles. The molecule has 1 heterocycles. The lowest BCUT2D eigenvalue weighted by Crippen LogP contribution is -2.39. The molecule has 0 saturated carbocycles. The van der Waals surface area contributed by atoms with Gasteiger partial charge >= 0.3 is 0 Å². The number of nitrogens with one attached hydrogen (secondary N) is 2. The van der Waals surface area contributed by atoms with Crippen molar-refractivity contribution in [2.24, 2.45) is 0 Å². The number of anilines is 1. The number of carbonyl (C=O) groups excluding carboxylic acids is 1. The van der Waals surface area contributed by atoms with E-state index in [-0.39, 0.29) is 11.9 Å². The normalized spacial score (nSPS) is 11.7. The zero-order valence-electron chi connectivity index (χ0n) is 10.9. The van der Waals surface area contributed by atoms with Gasteiger partial charge in [0.05, 0.1) is 19.9 Å². The Hall–Kier alpha value is -1.82. The molecule has 0 aliphatic rings. The molecular formula is C12H19N3O3. The van der Waals surface area contributed by atoms with Gasteiger partial charge in [-0.2, -0.15) is 0 Å². The van der Waals surface area contributed by atoms with Crippen molar-refractivity contribution in [2.75, 3.05) is 32.7 Å². The van der Waals surface area contributed by atoms with Crippen LogP contribution in [0, 0.1) is 0 Å². The lowest BCUT2D eigenvalue weighted by Gasteiger charge is -2.14. The molecule has 0 aliphatic heterocycles. The molecule has 1 aromatic rings. The number of methoxy groups -OCH3 is 2. The van der Waals surface area contributed by atoms with E-state index >= 15 is 0 Å². The number of nitrogens with zero attached hydrogens (tertiary/aromatic N) is 1. The fourth-order valence-corrected chi connectivity index (χ4v) is 1.30. The van der Waals surface area contributed by atoms with Gasteiger partial charge < -0.3 is 20.1 Å². The van der Waals surface area contributed by atoms with Gasteiger partial charge in [0, 0.05) is 13.7 Å². The van der Waals surface area contributed by atoms with Crippen LogP contribution >= 0.6 is 0 Å². The third kappa shape index (κ3) is 4.58. The second-order valence-corrected chi connectivity index (χ2v) is 3.73. The molecule has 0 saturated heterocycles. The average Bonchev–Trinajstić information content (AvgIpc) is 2.39. The minimum atomic E-state index is -0.359. The van der Waals surface area contributed by atoms with Crippen LogP contribution in [-0.4, -0.2) is 44.3 Å². The van der Waals surface area contributed by atoms with Crippen LogP contribution < -0.4 is 15.4 Å². The average molecular weight is 253 g/mol. The number of carbonyl (C=O) groups is 1. The number of ether oxygens (including phenoxy) is 2. The van der Waals surface area contributed by atoms with Gasteiger partial charge in [0.1, 0.15) is 17.6 Å². The summed E-state index contributed by atoms with van der Waals surface area (Å²) >= 11 is 0. The number of hydrogen-bond donors (Lipinski definition) is 2. The standard InChI is InChI=1S/C12H19N3O3/c1-9(12(16)13-6-7-17-2)15-11-5-4-10(18-3)8-14-11/h4-5,8-9H,6-7H2,1-3H3,(H,13,16)(H,14,15). The molecule has 100 valence electrons. The van der Waals surface area contributed by atoms with Crippen LogP contribution in [0.3, 0.4) is 0 Å². The first-order valence-corrected chi connectivity index (χ1v) is 5.70. The molecule has 1 aromatic heterocycles. The van der Waals surface area contributed by atoms with Crippen molar-refractivity contribution in [3.05, 3.63) is 18.3 Å². The van der Waals surface area contributed by atoms with Crippen molar-refractivity contribution in [3.63, 3.8) is 0 Å². The maximum Gasteiger partial charge on any atom is 0.242 e. The Morgan fingerprint density at radius 2 is 2.22 bits per heavy atom. The first kappa shape index (κ1) is 14.2. The van der Waals surface area contributed by atoms with Crippen LogP contribution in [-0.2, 0) is 9.53 Å². The van der Waals surface area contributed by atoms with E-state index in [2.05, 4.69) is 15.6 Å². The molecule has 0 aliphatic carbocycles. The third-order valence-corrected chi connectivity index (χ3v) is 2.34. The smallest absolute Gasteiger partial charge is 0.242 e. The summed E-state index contributed by atoms with van der Waals surface area (Å²) in [6, 6.07) is 3.19. The first-order valence-electron chi connectivity index (χ1n) is 5.70. The summed E-state index contributed by atoms with van der Waals surface area (Å²) in [5, 5.41) is 5.75. The minimum Gasteiger partial charge on any atom is -0.495 e. The van der Waals surface area contributed by atoms with E-state index in [1.807, 2.05) is 0 Å². The zero-order chi connectivity index (χ0) is 13.4. The van der Waals surface area contributed by atoms with Crippen LogP contribution in [0.1, 0.15) is 6.92 Å². The summed E-state index contributed by atoms with van der Waals surface area (Å²) in [5.74, 6) is 1.22. The first-order chi connectivity index (χ1) is 8.67. The number of aromatic nitrogens is 1. The molecule has 0 spiro atoms. The molecule has 2 N–H and O–H groups in total.